The fraction of sp³-hybridized carbons (Fsp3) is 0.571. The van der Waals surface area contributed by atoms with E-state index in [4.69, 9.17) is 19.9 Å². The number of methoxy groups -OCH3 is 1. The molecule has 1 aromatic carbocycles. The molecule has 2 N–H and O–H groups in total. The summed E-state index contributed by atoms with van der Waals surface area (Å²) in [6.45, 7) is 3.08. The molecule has 0 unspecified atom stereocenters. The predicted molar refractivity (Wildman–Crippen MR) is 78.9 cm³/mol. The minimum absolute atomic E-state index is 0.497. The molecule has 0 saturated heterocycles. The predicted octanol–water partition coefficient (Wildman–Crippen LogP) is 2.30. The molecular formula is C14H23NO3S. The van der Waals surface area contributed by atoms with Crippen LogP contribution in [0.4, 0.5) is 0 Å². The van der Waals surface area contributed by atoms with Crippen LogP contribution < -0.4 is 10.5 Å². The van der Waals surface area contributed by atoms with Gasteiger partial charge in [0.1, 0.15) is 5.75 Å². The molecule has 19 heavy (non-hydrogen) atoms. The van der Waals surface area contributed by atoms with Crippen LogP contribution in [0, 0.1) is 0 Å². The summed E-state index contributed by atoms with van der Waals surface area (Å²) in [4.78, 5) is 1.18. The fourth-order valence-electron chi connectivity index (χ4n) is 1.66. The van der Waals surface area contributed by atoms with Crippen molar-refractivity contribution >= 4 is 11.8 Å². The number of thioether (sulfide) groups is 1. The van der Waals surface area contributed by atoms with Crippen molar-refractivity contribution in [2.75, 3.05) is 39.8 Å². The SMILES string of the molecule is COCCOCCCOc1cccc(SC)c1CN. The Kier molecular flexibility index (Phi) is 8.66. The second kappa shape index (κ2) is 10.1. The molecule has 0 aliphatic carbocycles. The number of benzene rings is 1. The molecule has 1 aromatic rings. The van der Waals surface area contributed by atoms with Crippen LogP contribution in [-0.2, 0) is 16.0 Å². The van der Waals surface area contributed by atoms with E-state index in [1.165, 1.54) is 4.90 Å². The lowest BCUT2D eigenvalue weighted by molar-refractivity contribution is 0.0644. The zero-order chi connectivity index (χ0) is 13.9. The summed E-state index contributed by atoms with van der Waals surface area (Å²) in [5, 5.41) is 0. The van der Waals surface area contributed by atoms with Gasteiger partial charge >= 0.3 is 0 Å². The van der Waals surface area contributed by atoms with E-state index in [0.717, 1.165) is 17.7 Å². The highest BCUT2D eigenvalue weighted by molar-refractivity contribution is 7.98. The Balaban J connectivity index is 2.33. The Labute approximate surface area is 119 Å². The molecule has 0 aromatic heterocycles. The molecule has 5 heteroatoms. The van der Waals surface area contributed by atoms with Crippen LogP contribution in [0.25, 0.3) is 0 Å². The van der Waals surface area contributed by atoms with Gasteiger partial charge in [0.2, 0.25) is 0 Å². The van der Waals surface area contributed by atoms with E-state index in [9.17, 15) is 0 Å². The maximum atomic E-state index is 5.78. The van der Waals surface area contributed by atoms with Gasteiger partial charge in [0.15, 0.2) is 0 Å². The number of nitrogens with two attached hydrogens (primary N) is 1. The molecule has 0 bridgehead atoms. The van der Waals surface area contributed by atoms with Crippen molar-refractivity contribution in [3.8, 4) is 5.75 Å². The molecule has 0 amide bonds. The molecule has 0 heterocycles. The van der Waals surface area contributed by atoms with Gasteiger partial charge < -0.3 is 19.9 Å². The highest BCUT2D eigenvalue weighted by Crippen LogP contribution is 2.28. The highest BCUT2D eigenvalue weighted by Gasteiger charge is 2.07. The summed E-state index contributed by atoms with van der Waals surface area (Å²) in [6, 6.07) is 6.02. The fourth-order valence-corrected chi connectivity index (χ4v) is 2.31. The van der Waals surface area contributed by atoms with Crippen LogP contribution in [0.5, 0.6) is 5.75 Å². The van der Waals surface area contributed by atoms with Crippen LogP contribution in [0.1, 0.15) is 12.0 Å². The normalized spacial score (nSPS) is 10.7. The number of rotatable bonds is 10. The summed E-state index contributed by atoms with van der Waals surface area (Å²) in [5.41, 5.74) is 6.86. The first-order chi connectivity index (χ1) is 9.33. The van der Waals surface area contributed by atoms with Crippen molar-refractivity contribution in [2.24, 2.45) is 5.73 Å². The van der Waals surface area contributed by atoms with E-state index in [1.807, 2.05) is 18.4 Å². The van der Waals surface area contributed by atoms with Gasteiger partial charge in [0.05, 0.1) is 19.8 Å². The van der Waals surface area contributed by atoms with E-state index < -0.39 is 0 Å². The molecule has 0 aliphatic heterocycles. The lowest BCUT2D eigenvalue weighted by Crippen LogP contribution is -2.08. The zero-order valence-corrected chi connectivity index (χ0v) is 12.5. The molecule has 0 fully saturated rings. The van der Waals surface area contributed by atoms with Gasteiger partial charge in [0, 0.05) is 37.1 Å². The van der Waals surface area contributed by atoms with Crippen LogP contribution >= 0.6 is 11.8 Å². The molecule has 0 atom stereocenters. The van der Waals surface area contributed by atoms with Crippen molar-refractivity contribution < 1.29 is 14.2 Å². The van der Waals surface area contributed by atoms with Crippen molar-refractivity contribution in [2.45, 2.75) is 17.9 Å². The molecule has 4 nitrogen and oxygen atoms in total. The molecule has 108 valence electrons. The summed E-state index contributed by atoms with van der Waals surface area (Å²) in [6.07, 6.45) is 2.90. The topological polar surface area (TPSA) is 53.7 Å². The van der Waals surface area contributed by atoms with Crippen LogP contribution in [0.2, 0.25) is 0 Å². The Bertz CT molecular complexity index is 361. The van der Waals surface area contributed by atoms with Gasteiger partial charge in [-0.2, -0.15) is 0 Å². The standard InChI is InChI=1S/C14H23NO3S/c1-16-9-10-17-7-4-8-18-13-5-3-6-14(19-2)12(13)11-15/h3,5-6H,4,7-11,15H2,1-2H3. The maximum absolute atomic E-state index is 5.78. The summed E-state index contributed by atoms with van der Waals surface area (Å²) in [7, 11) is 1.67. The van der Waals surface area contributed by atoms with Crippen molar-refractivity contribution in [3.05, 3.63) is 23.8 Å². The summed E-state index contributed by atoms with van der Waals surface area (Å²) < 4.78 is 16.1. The van der Waals surface area contributed by atoms with Gasteiger partial charge in [-0.15, -0.1) is 11.8 Å². The van der Waals surface area contributed by atoms with Crippen molar-refractivity contribution in [1.82, 2.24) is 0 Å². The largest absolute Gasteiger partial charge is 0.493 e. The molecule has 0 spiro atoms. The molecular weight excluding hydrogens is 262 g/mol. The average Bonchev–Trinajstić information content (AvgIpc) is 2.45. The quantitative estimate of drug-likeness (QED) is 0.528. The second-order valence-electron chi connectivity index (χ2n) is 3.95. The van der Waals surface area contributed by atoms with Gasteiger partial charge in [-0.3, -0.25) is 0 Å². The third-order valence-electron chi connectivity index (χ3n) is 2.64. The summed E-state index contributed by atoms with van der Waals surface area (Å²) in [5.74, 6) is 0.881. The van der Waals surface area contributed by atoms with Gasteiger partial charge in [-0.25, -0.2) is 0 Å². The van der Waals surface area contributed by atoms with E-state index in [1.54, 1.807) is 18.9 Å². The number of hydrogen-bond donors (Lipinski definition) is 1. The lowest BCUT2D eigenvalue weighted by atomic mass is 10.2. The van der Waals surface area contributed by atoms with Crippen molar-refractivity contribution in [1.29, 1.82) is 0 Å². The first kappa shape index (κ1) is 16.3. The van der Waals surface area contributed by atoms with E-state index >= 15 is 0 Å². The van der Waals surface area contributed by atoms with E-state index in [0.29, 0.717) is 33.0 Å². The molecule has 1 rings (SSSR count). The van der Waals surface area contributed by atoms with Gasteiger partial charge in [-0.05, 0) is 18.4 Å². The molecule has 0 aliphatic rings. The Morgan fingerprint density at radius 2 is 2.00 bits per heavy atom. The van der Waals surface area contributed by atoms with Crippen LogP contribution in [-0.4, -0.2) is 39.8 Å². The van der Waals surface area contributed by atoms with Crippen molar-refractivity contribution in [3.63, 3.8) is 0 Å². The van der Waals surface area contributed by atoms with Crippen LogP contribution in [0.3, 0.4) is 0 Å². The first-order valence-corrected chi connectivity index (χ1v) is 7.61. The lowest BCUT2D eigenvalue weighted by Gasteiger charge is -2.13. The molecule has 0 saturated carbocycles. The Morgan fingerprint density at radius 3 is 2.68 bits per heavy atom. The first-order valence-electron chi connectivity index (χ1n) is 6.39. The number of ether oxygens (including phenoxy) is 3. The Hall–Kier alpha value is -0.750. The average molecular weight is 285 g/mol. The van der Waals surface area contributed by atoms with Gasteiger partial charge in [-0.1, -0.05) is 6.07 Å². The van der Waals surface area contributed by atoms with Crippen LogP contribution in [0.15, 0.2) is 23.1 Å². The Morgan fingerprint density at radius 1 is 1.16 bits per heavy atom. The smallest absolute Gasteiger partial charge is 0.124 e. The van der Waals surface area contributed by atoms with Gasteiger partial charge in [0.25, 0.3) is 0 Å². The highest BCUT2D eigenvalue weighted by atomic mass is 32.2. The summed E-state index contributed by atoms with van der Waals surface area (Å²) >= 11 is 1.69. The number of hydrogen-bond acceptors (Lipinski definition) is 5. The molecule has 0 radical (unpaired) electrons. The maximum Gasteiger partial charge on any atom is 0.124 e. The third-order valence-corrected chi connectivity index (χ3v) is 3.46. The minimum Gasteiger partial charge on any atom is -0.493 e. The van der Waals surface area contributed by atoms with E-state index in [-0.39, 0.29) is 0 Å². The minimum atomic E-state index is 0.497. The second-order valence-corrected chi connectivity index (χ2v) is 4.80. The zero-order valence-electron chi connectivity index (χ0n) is 11.7. The monoisotopic (exact) mass is 285 g/mol. The van der Waals surface area contributed by atoms with E-state index in [2.05, 4.69) is 6.07 Å². The third kappa shape index (κ3) is 5.82.